The van der Waals surface area contributed by atoms with Gasteiger partial charge in [-0.15, -0.1) is 23.1 Å². The summed E-state index contributed by atoms with van der Waals surface area (Å²) in [6, 6.07) is 0. The van der Waals surface area contributed by atoms with E-state index in [1.807, 2.05) is 38.7 Å². The molecule has 0 amide bonds. The predicted molar refractivity (Wildman–Crippen MR) is 269 cm³/mol. The second-order valence-electron chi connectivity index (χ2n) is 22.9. The van der Waals surface area contributed by atoms with E-state index in [9.17, 15) is 9.59 Å². The van der Waals surface area contributed by atoms with E-state index in [-0.39, 0.29) is 50.9 Å². The molecule has 4 atom stereocenters. The molecule has 1 aromatic rings. The van der Waals surface area contributed by atoms with Crippen molar-refractivity contribution in [2.24, 2.45) is 5.92 Å². The lowest BCUT2D eigenvalue weighted by Crippen LogP contribution is -2.52. The fraction of sp³-hybridized carbons (Fsp3) is 0.792. The van der Waals surface area contributed by atoms with Crippen LogP contribution >= 0.6 is 23.1 Å². The van der Waals surface area contributed by atoms with Crippen LogP contribution in [0.5, 0.6) is 0 Å². The van der Waals surface area contributed by atoms with Crippen molar-refractivity contribution < 1.29 is 23.2 Å². The van der Waals surface area contributed by atoms with Gasteiger partial charge in [0.15, 0.2) is 25.0 Å². The number of carbonyl (C=O) groups is 1. The molecule has 1 heterocycles. The fourth-order valence-corrected chi connectivity index (χ4v) is 12.2. The van der Waals surface area contributed by atoms with Crippen molar-refractivity contribution in [3.05, 3.63) is 45.5 Å². The van der Waals surface area contributed by atoms with Crippen molar-refractivity contribution >= 4 is 60.1 Å². The highest BCUT2D eigenvalue weighted by Gasteiger charge is 2.47. The van der Waals surface area contributed by atoms with Gasteiger partial charge < -0.3 is 18.4 Å². The number of ether oxygens (including phenoxy) is 1. The van der Waals surface area contributed by atoms with Gasteiger partial charge in [-0.2, -0.15) is 0 Å². The zero-order valence-electron chi connectivity index (χ0n) is 42.3. The van der Waals surface area contributed by atoms with Crippen molar-refractivity contribution in [1.29, 1.82) is 0 Å². The van der Waals surface area contributed by atoms with Gasteiger partial charge >= 0.3 is 5.97 Å². The van der Waals surface area contributed by atoms with Crippen molar-refractivity contribution in [2.45, 2.75) is 238 Å². The van der Waals surface area contributed by atoms with Gasteiger partial charge in [0.1, 0.15) is 5.60 Å². The largest absolute Gasteiger partial charge is 0.460 e. The van der Waals surface area contributed by atoms with Gasteiger partial charge in [0.2, 0.25) is 0 Å². The van der Waals surface area contributed by atoms with E-state index < -0.39 is 35.3 Å². The van der Waals surface area contributed by atoms with Crippen LogP contribution in [-0.2, 0) is 18.4 Å². The number of esters is 1. The van der Waals surface area contributed by atoms with Gasteiger partial charge in [0.05, 0.1) is 29.3 Å². The SMILES string of the molecule is C/C(=C/CC/C(C)=C/c1csc(C)n1)C/C=C\[C@H](C)[C@H](O[Si](C)(C)C(C)(C)C)[C@@H](C)SC(C)(C)C(CC(=O)OC(C)(C)CCC(C)(C)[Si](C)(C)O)O[Si](C)(C)C(C)(C)C. The number of nitrogens with zero attached hydrogens (tertiary/aromatic N) is 1. The Balaban J connectivity index is 3.35. The van der Waals surface area contributed by atoms with E-state index in [1.165, 1.54) is 11.1 Å². The average molecular weight is 911 g/mol. The normalized spacial score (nSPS) is 17.0. The molecule has 0 bridgehead atoms. The number of allylic oxidation sites excluding steroid dienone is 4. The Morgan fingerprint density at radius 2 is 1.41 bits per heavy atom. The van der Waals surface area contributed by atoms with Crippen LogP contribution in [0, 0.1) is 12.8 Å². The summed E-state index contributed by atoms with van der Waals surface area (Å²) >= 11 is 3.59. The first-order valence-electron chi connectivity index (χ1n) is 22.2. The number of carbonyl (C=O) groups excluding carboxylic acids is 1. The standard InChI is InChI=1S/C48H91NO5S2Si3/c1-35(26-24-28-36(2)32-40-34-55-39(5)49-40)27-25-29-37(3)43(54-59(22,23)45(9,10)11)38(4)56-48(16,17)41(53-58(20,21)44(6,7)8)33-42(50)52-46(12,13)30-31-47(14,15)57(18,19)51/h25-26,29,32,34,37-38,41,43,51H,24,27-28,30-31,33H2,1-23H3/b29-25-,35-26-,36-32+/t37-,38+,41?,43-/m0/s1. The van der Waals surface area contributed by atoms with Gasteiger partial charge in [0, 0.05) is 21.3 Å². The Morgan fingerprint density at radius 3 is 1.90 bits per heavy atom. The third-order valence-corrected chi connectivity index (χ3v) is 28.2. The Hall–Kier alpha value is -0.799. The highest BCUT2D eigenvalue weighted by Crippen LogP contribution is 2.46. The minimum absolute atomic E-state index is 0.0232. The fourth-order valence-electron chi connectivity index (χ4n) is 6.18. The Kier molecular flexibility index (Phi) is 20.7. The summed E-state index contributed by atoms with van der Waals surface area (Å²) in [5.41, 5.74) is 3.13. The van der Waals surface area contributed by atoms with Crippen molar-refractivity contribution in [2.75, 3.05) is 0 Å². The molecule has 1 aromatic heterocycles. The van der Waals surface area contributed by atoms with Gasteiger partial charge in [0.25, 0.3) is 0 Å². The summed E-state index contributed by atoms with van der Waals surface area (Å²) in [6.07, 6.45) is 13.5. The van der Waals surface area contributed by atoms with Gasteiger partial charge in [-0.3, -0.25) is 4.79 Å². The highest BCUT2D eigenvalue weighted by molar-refractivity contribution is 8.01. The van der Waals surface area contributed by atoms with Gasteiger partial charge in [-0.05, 0) is 141 Å². The van der Waals surface area contributed by atoms with Crippen LogP contribution in [0.2, 0.25) is 54.4 Å². The van der Waals surface area contributed by atoms with Crippen LogP contribution in [0.25, 0.3) is 6.08 Å². The van der Waals surface area contributed by atoms with Crippen LogP contribution in [0.1, 0.15) is 160 Å². The predicted octanol–water partition coefficient (Wildman–Crippen LogP) is 15.3. The van der Waals surface area contributed by atoms with Crippen LogP contribution in [-0.4, -0.2) is 68.5 Å². The van der Waals surface area contributed by atoms with Crippen LogP contribution in [0.15, 0.2) is 34.8 Å². The van der Waals surface area contributed by atoms with Crippen molar-refractivity contribution in [3.63, 3.8) is 0 Å². The second kappa shape index (κ2) is 21.7. The van der Waals surface area contributed by atoms with Crippen molar-refractivity contribution in [1.82, 2.24) is 4.98 Å². The molecule has 11 heteroatoms. The summed E-state index contributed by atoms with van der Waals surface area (Å²) in [6.45, 7) is 50.8. The quantitative estimate of drug-likeness (QED) is 0.0666. The lowest BCUT2D eigenvalue weighted by atomic mass is 9.96. The lowest BCUT2D eigenvalue weighted by Gasteiger charge is -2.47. The first kappa shape index (κ1) is 56.2. The average Bonchev–Trinajstić information content (AvgIpc) is 3.44. The van der Waals surface area contributed by atoms with E-state index in [4.69, 9.17) is 13.6 Å². The Bertz CT molecular complexity index is 1570. The topological polar surface area (TPSA) is 77.9 Å². The zero-order chi connectivity index (χ0) is 46.2. The van der Waals surface area contributed by atoms with Crippen molar-refractivity contribution in [3.8, 4) is 0 Å². The van der Waals surface area contributed by atoms with E-state index in [0.717, 1.165) is 36.4 Å². The highest BCUT2D eigenvalue weighted by atomic mass is 32.2. The van der Waals surface area contributed by atoms with Crippen LogP contribution in [0.4, 0.5) is 0 Å². The lowest BCUT2D eigenvalue weighted by molar-refractivity contribution is -0.159. The summed E-state index contributed by atoms with van der Waals surface area (Å²) in [5.74, 6) is -0.0448. The first-order chi connectivity index (χ1) is 26.3. The maximum atomic E-state index is 14.0. The van der Waals surface area contributed by atoms with Gasteiger partial charge in [-0.25, -0.2) is 4.98 Å². The maximum Gasteiger partial charge on any atom is 0.308 e. The molecule has 0 aromatic carbocycles. The molecule has 0 radical (unpaired) electrons. The molecular formula is C48H91NO5S2Si3. The minimum atomic E-state index is -2.39. The summed E-state index contributed by atoms with van der Waals surface area (Å²) in [4.78, 5) is 29.5. The summed E-state index contributed by atoms with van der Waals surface area (Å²) < 4.78 is 20.4. The number of thioether (sulfide) groups is 1. The van der Waals surface area contributed by atoms with E-state index in [1.54, 1.807) is 11.3 Å². The third-order valence-electron chi connectivity index (χ3n) is 13.4. The number of aryl methyl sites for hydroxylation is 1. The molecule has 0 saturated heterocycles. The zero-order valence-corrected chi connectivity index (χ0v) is 46.9. The molecule has 0 aliphatic rings. The summed E-state index contributed by atoms with van der Waals surface area (Å²) in [7, 11) is -6.81. The number of hydrogen-bond acceptors (Lipinski definition) is 8. The first-order valence-corrected chi connectivity index (χ1v) is 32.7. The van der Waals surface area contributed by atoms with E-state index in [0.29, 0.717) is 6.42 Å². The number of hydrogen-bond donors (Lipinski definition) is 1. The number of thiazole rings is 1. The molecular weight excluding hydrogens is 819 g/mol. The number of aromatic nitrogens is 1. The molecule has 0 spiro atoms. The molecule has 1 unspecified atom stereocenters. The Morgan fingerprint density at radius 1 is 0.864 bits per heavy atom. The molecule has 0 fully saturated rings. The molecule has 1 N–H and O–H groups in total. The second-order valence-corrected chi connectivity index (χ2v) is 40.0. The molecule has 0 aliphatic carbocycles. The minimum Gasteiger partial charge on any atom is -0.460 e. The monoisotopic (exact) mass is 910 g/mol. The smallest absolute Gasteiger partial charge is 0.308 e. The maximum absolute atomic E-state index is 14.0. The molecule has 0 saturated carbocycles. The molecule has 1 rings (SSSR count). The van der Waals surface area contributed by atoms with E-state index in [2.05, 4.69) is 165 Å². The van der Waals surface area contributed by atoms with Gasteiger partial charge in [-0.1, -0.05) is 98.6 Å². The molecule has 6 nitrogen and oxygen atoms in total. The van der Waals surface area contributed by atoms with Crippen LogP contribution in [0.3, 0.4) is 0 Å². The summed E-state index contributed by atoms with van der Waals surface area (Å²) in [5, 5.41) is 3.20. The Labute approximate surface area is 376 Å². The molecule has 59 heavy (non-hydrogen) atoms. The third kappa shape index (κ3) is 18.8. The van der Waals surface area contributed by atoms with E-state index >= 15 is 0 Å². The van der Waals surface area contributed by atoms with Crippen LogP contribution < -0.4 is 0 Å². The molecule has 342 valence electrons. The molecule has 0 aliphatic heterocycles. The number of rotatable bonds is 23.